The van der Waals surface area contributed by atoms with Gasteiger partial charge >= 0.3 is 0 Å². The summed E-state index contributed by atoms with van der Waals surface area (Å²) in [5, 5.41) is 12.3. The van der Waals surface area contributed by atoms with E-state index in [9.17, 15) is 9.90 Å². The standard InChI is InChI=1S/C27H28N2O4/c1-15-13-19-17(6-8-22(31)29-19)25(23(15)21(14-30)33-27(2,3)4)18-5-7-20-24-16(10-12-32-20)9-11-28-26(18)24/h5-9,11,13,21,30H,10,12,14H2,1-4H3,(H,29,31)/t21-/m1/s1. The molecular formula is C27H28N2O4. The van der Waals surface area contributed by atoms with E-state index in [1.807, 2.05) is 64.2 Å². The lowest BCUT2D eigenvalue weighted by molar-refractivity contribution is -0.0821. The van der Waals surface area contributed by atoms with E-state index >= 15 is 0 Å². The Labute approximate surface area is 192 Å². The molecule has 0 unspecified atom stereocenters. The fourth-order valence-corrected chi connectivity index (χ4v) is 4.88. The quantitative estimate of drug-likeness (QED) is 0.471. The molecule has 6 nitrogen and oxygen atoms in total. The van der Waals surface area contributed by atoms with E-state index in [0.717, 1.165) is 56.2 Å². The van der Waals surface area contributed by atoms with Gasteiger partial charge in [-0.15, -0.1) is 0 Å². The van der Waals surface area contributed by atoms with Crippen molar-refractivity contribution >= 4 is 21.8 Å². The minimum Gasteiger partial charge on any atom is -0.493 e. The first-order valence-corrected chi connectivity index (χ1v) is 11.3. The molecule has 2 aromatic heterocycles. The molecule has 1 aliphatic heterocycles. The smallest absolute Gasteiger partial charge is 0.248 e. The average Bonchev–Trinajstić information content (AvgIpc) is 2.77. The molecule has 5 rings (SSSR count). The number of fused-ring (bicyclic) bond motifs is 1. The second-order valence-corrected chi connectivity index (χ2v) is 9.57. The summed E-state index contributed by atoms with van der Waals surface area (Å²) in [6, 6.07) is 11.4. The maximum absolute atomic E-state index is 12.1. The summed E-state index contributed by atoms with van der Waals surface area (Å²) in [6.07, 6.45) is 2.13. The van der Waals surface area contributed by atoms with Gasteiger partial charge in [-0.3, -0.25) is 9.78 Å². The molecule has 0 radical (unpaired) electrons. The van der Waals surface area contributed by atoms with Crippen molar-refractivity contribution in [2.75, 3.05) is 13.2 Å². The lowest BCUT2D eigenvalue weighted by atomic mass is 9.87. The largest absolute Gasteiger partial charge is 0.493 e. The number of hydrogen-bond acceptors (Lipinski definition) is 5. The average molecular weight is 445 g/mol. The molecule has 170 valence electrons. The number of aromatic amines is 1. The molecular weight excluding hydrogens is 416 g/mol. The van der Waals surface area contributed by atoms with Crippen LogP contribution in [0.4, 0.5) is 0 Å². The number of hydrogen-bond donors (Lipinski definition) is 2. The minimum absolute atomic E-state index is 0.159. The van der Waals surface area contributed by atoms with Crippen LogP contribution in [-0.2, 0) is 11.2 Å². The van der Waals surface area contributed by atoms with Crippen molar-refractivity contribution in [1.82, 2.24) is 9.97 Å². The van der Waals surface area contributed by atoms with Crippen molar-refractivity contribution in [3.63, 3.8) is 0 Å². The monoisotopic (exact) mass is 444 g/mol. The van der Waals surface area contributed by atoms with Crippen LogP contribution in [0.15, 0.2) is 47.4 Å². The van der Waals surface area contributed by atoms with Crippen LogP contribution in [0, 0.1) is 6.92 Å². The summed E-state index contributed by atoms with van der Waals surface area (Å²) in [7, 11) is 0. The first-order chi connectivity index (χ1) is 15.8. The molecule has 3 heterocycles. The predicted molar refractivity (Wildman–Crippen MR) is 130 cm³/mol. The predicted octanol–water partition coefficient (Wildman–Crippen LogP) is 4.84. The van der Waals surface area contributed by atoms with Gasteiger partial charge in [0.2, 0.25) is 5.56 Å². The van der Waals surface area contributed by atoms with Gasteiger partial charge in [-0.2, -0.15) is 0 Å². The molecule has 0 saturated carbocycles. The number of H-pyrrole nitrogens is 1. The zero-order chi connectivity index (χ0) is 23.3. The van der Waals surface area contributed by atoms with Crippen LogP contribution in [0.3, 0.4) is 0 Å². The Morgan fingerprint density at radius 3 is 2.79 bits per heavy atom. The lowest BCUT2D eigenvalue weighted by Crippen LogP contribution is -2.25. The second-order valence-electron chi connectivity index (χ2n) is 9.57. The van der Waals surface area contributed by atoms with E-state index in [1.54, 1.807) is 0 Å². The first-order valence-electron chi connectivity index (χ1n) is 11.3. The van der Waals surface area contributed by atoms with Crippen molar-refractivity contribution in [2.24, 2.45) is 0 Å². The number of nitrogens with zero attached hydrogens (tertiary/aromatic N) is 1. The second kappa shape index (κ2) is 7.97. The maximum Gasteiger partial charge on any atom is 0.248 e. The van der Waals surface area contributed by atoms with Gasteiger partial charge in [0.25, 0.3) is 0 Å². The van der Waals surface area contributed by atoms with Crippen molar-refractivity contribution in [1.29, 1.82) is 0 Å². The molecule has 1 aliphatic rings. The van der Waals surface area contributed by atoms with Crippen LogP contribution in [0.2, 0.25) is 0 Å². The van der Waals surface area contributed by atoms with Gasteiger partial charge in [0.05, 0.1) is 24.3 Å². The number of aliphatic hydroxyl groups is 1. The van der Waals surface area contributed by atoms with E-state index in [4.69, 9.17) is 14.5 Å². The number of benzene rings is 2. The van der Waals surface area contributed by atoms with Crippen molar-refractivity contribution < 1.29 is 14.6 Å². The summed E-state index contributed by atoms with van der Waals surface area (Å²) in [5.41, 5.74) is 5.83. The summed E-state index contributed by atoms with van der Waals surface area (Å²) in [6.45, 7) is 8.40. The SMILES string of the molecule is Cc1cc2[nH]c(=O)ccc2c(-c2ccc3c4c(ccnc24)CCO3)c1[C@@H](CO)OC(C)(C)C. The van der Waals surface area contributed by atoms with E-state index in [0.29, 0.717) is 6.61 Å². The van der Waals surface area contributed by atoms with Gasteiger partial charge in [0, 0.05) is 40.5 Å². The molecule has 0 aliphatic carbocycles. The molecule has 0 amide bonds. The first kappa shape index (κ1) is 21.6. The highest BCUT2D eigenvalue weighted by molar-refractivity contribution is 6.07. The highest BCUT2D eigenvalue weighted by Gasteiger charge is 2.28. The van der Waals surface area contributed by atoms with Gasteiger partial charge in [-0.1, -0.05) is 0 Å². The Morgan fingerprint density at radius 2 is 2.03 bits per heavy atom. The summed E-state index contributed by atoms with van der Waals surface area (Å²) in [5.74, 6) is 0.833. The maximum atomic E-state index is 12.1. The molecule has 0 fully saturated rings. The third-order valence-electron chi connectivity index (χ3n) is 6.10. The van der Waals surface area contributed by atoms with Gasteiger partial charge in [0.1, 0.15) is 11.9 Å². The van der Waals surface area contributed by atoms with E-state index in [1.165, 1.54) is 11.6 Å². The van der Waals surface area contributed by atoms with Gasteiger partial charge < -0.3 is 19.6 Å². The van der Waals surface area contributed by atoms with Crippen LogP contribution >= 0.6 is 0 Å². The third-order valence-corrected chi connectivity index (χ3v) is 6.10. The number of pyridine rings is 2. The Kier molecular flexibility index (Phi) is 5.22. The zero-order valence-corrected chi connectivity index (χ0v) is 19.4. The third kappa shape index (κ3) is 3.79. The molecule has 0 bridgehead atoms. The number of nitrogens with one attached hydrogen (secondary N) is 1. The van der Waals surface area contributed by atoms with Crippen molar-refractivity contribution in [2.45, 2.75) is 45.8 Å². The zero-order valence-electron chi connectivity index (χ0n) is 19.4. The summed E-state index contributed by atoms with van der Waals surface area (Å²) < 4.78 is 12.2. The number of aromatic nitrogens is 2. The van der Waals surface area contributed by atoms with E-state index < -0.39 is 11.7 Å². The fourth-order valence-electron chi connectivity index (χ4n) is 4.88. The number of rotatable bonds is 4. The van der Waals surface area contributed by atoms with E-state index in [2.05, 4.69) is 4.98 Å². The molecule has 6 heteroatoms. The van der Waals surface area contributed by atoms with Gasteiger partial charge in [0.15, 0.2) is 0 Å². The molecule has 0 spiro atoms. The van der Waals surface area contributed by atoms with Crippen LogP contribution in [0.1, 0.15) is 43.6 Å². The van der Waals surface area contributed by atoms with Crippen LogP contribution in [0.5, 0.6) is 5.75 Å². The molecule has 2 aromatic carbocycles. The van der Waals surface area contributed by atoms with Crippen LogP contribution in [0.25, 0.3) is 32.9 Å². The number of ether oxygens (including phenoxy) is 2. The Bertz CT molecular complexity index is 1420. The Hall–Kier alpha value is -3.22. The van der Waals surface area contributed by atoms with E-state index in [-0.39, 0.29) is 12.2 Å². The normalized spacial score (nSPS) is 14.5. The van der Waals surface area contributed by atoms with Crippen LogP contribution in [-0.4, -0.2) is 33.9 Å². The van der Waals surface area contributed by atoms with Crippen LogP contribution < -0.4 is 10.3 Å². The Balaban J connectivity index is 1.90. The van der Waals surface area contributed by atoms with Crippen molar-refractivity contribution in [3.8, 4) is 16.9 Å². The number of aliphatic hydroxyl groups excluding tert-OH is 1. The molecule has 4 aromatic rings. The molecule has 1 atom stereocenters. The van der Waals surface area contributed by atoms with Gasteiger partial charge in [-0.05, 0) is 80.3 Å². The minimum atomic E-state index is -0.543. The fraction of sp³-hybridized carbons (Fsp3) is 0.333. The van der Waals surface area contributed by atoms with Crippen molar-refractivity contribution in [3.05, 3.63) is 69.6 Å². The Morgan fingerprint density at radius 1 is 1.21 bits per heavy atom. The topological polar surface area (TPSA) is 84.4 Å². The number of aryl methyl sites for hydroxylation is 1. The summed E-state index contributed by atoms with van der Waals surface area (Å²) >= 11 is 0. The highest BCUT2D eigenvalue weighted by atomic mass is 16.5. The molecule has 2 N–H and O–H groups in total. The molecule has 33 heavy (non-hydrogen) atoms. The molecule has 0 saturated heterocycles. The van der Waals surface area contributed by atoms with Gasteiger partial charge in [-0.25, -0.2) is 0 Å². The lowest BCUT2D eigenvalue weighted by Gasteiger charge is -2.30. The highest BCUT2D eigenvalue weighted by Crippen LogP contribution is 2.44. The summed E-state index contributed by atoms with van der Waals surface area (Å²) in [4.78, 5) is 19.8.